The van der Waals surface area contributed by atoms with Gasteiger partial charge in [0.1, 0.15) is 17.6 Å². The molecule has 0 unspecified atom stereocenters. The van der Waals surface area contributed by atoms with Crippen LogP contribution < -0.4 is 5.32 Å². The van der Waals surface area contributed by atoms with E-state index in [2.05, 4.69) is 10.3 Å². The van der Waals surface area contributed by atoms with Crippen LogP contribution >= 0.6 is 0 Å². The quantitative estimate of drug-likeness (QED) is 0.732. The lowest BCUT2D eigenvalue weighted by molar-refractivity contribution is 0.0226. The highest BCUT2D eigenvalue weighted by Gasteiger charge is 2.20. The van der Waals surface area contributed by atoms with E-state index >= 15 is 0 Å². The van der Waals surface area contributed by atoms with Gasteiger partial charge in [0, 0.05) is 19.3 Å². The molecule has 76 valence electrons. The van der Waals surface area contributed by atoms with Gasteiger partial charge >= 0.3 is 0 Å². The Bertz CT molecular complexity index is 324. The average molecular weight is 196 g/mol. The van der Waals surface area contributed by atoms with E-state index < -0.39 is 0 Å². The number of rotatable bonds is 1. The van der Waals surface area contributed by atoms with Crippen LogP contribution in [0.2, 0.25) is 0 Å². The van der Waals surface area contributed by atoms with Crippen LogP contribution in [-0.2, 0) is 4.74 Å². The van der Waals surface area contributed by atoms with Crippen molar-refractivity contribution in [2.24, 2.45) is 0 Å². The fraction of sp³-hybridized carbons (Fsp3) is 0.500. The molecule has 0 aliphatic carbocycles. The summed E-state index contributed by atoms with van der Waals surface area (Å²) in [7, 11) is 0. The van der Waals surface area contributed by atoms with E-state index in [4.69, 9.17) is 4.74 Å². The van der Waals surface area contributed by atoms with E-state index in [9.17, 15) is 4.39 Å². The molecule has 2 rings (SSSR count). The molecule has 0 amide bonds. The topological polar surface area (TPSA) is 34.2 Å². The predicted octanol–water partition coefficient (Wildman–Crippen LogP) is 1.19. The van der Waals surface area contributed by atoms with Crippen LogP contribution in [0.3, 0.4) is 0 Å². The van der Waals surface area contributed by atoms with Crippen LogP contribution in [0.5, 0.6) is 0 Å². The average Bonchev–Trinajstić information content (AvgIpc) is 2.19. The summed E-state index contributed by atoms with van der Waals surface area (Å²) < 4.78 is 18.9. The van der Waals surface area contributed by atoms with Crippen LogP contribution in [0, 0.1) is 12.7 Å². The summed E-state index contributed by atoms with van der Waals surface area (Å²) in [5, 5.41) is 3.14. The zero-order chi connectivity index (χ0) is 9.97. The Balaban J connectivity index is 2.22. The molecule has 0 spiro atoms. The molecule has 2 heterocycles. The number of hydrogen-bond donors (Lipinski definition) is 1. The van der Waals surface area contributed by atoms with Crippen molar-refractivity contribution in [3.05, 3.63) is 29.3 Å². The Morgan fingerprint density at radius 1 is 1.64 bits per heavy atom. The number of nitrogens with zero attached hydrogens (tertiary/aromatic N) is 1. The van der Waals surface area contributed by atoms with Gasteiger partial charge in [-0.2, -0.15) is 0 Å². The second-order valence-electron chi connectivity index (χ2n) is 3.44. The Kier molecular flexibility index (Phi) is 2.74. The molecule has 1 saturated heterocycles. The first-order valence-electron chi connectivity index (χ1n) is 4.72. The van der Waals surface area contributed by atoms with E-state index in [1.807, 2.05) is 6.92 Å². The first-order chi connectivity index (χ1) is 6.77. The third-order valence-corrected chi connectivity index (χ3v) is 2.24. The molecule has 1 aliphatic heterocycles. The van der Waals surface area contributed by atoms with Crippen molar-refractivity contribution >= 4 is 0 Å². The van der Waals surface area contributed by atoms with Crippen molar-refractivity contribution in [1.29, 1.82) is 0 Å². The first-order valence-corrected chi connectivity index (χ1v) is 4.72. The summed E-state index contributed by atoms with van der Waals surface area (Å²) >= 11 is 0. The fourth-order valence-electron chi connectivity index (χ4n) is 1.52. The SMILES string of the molecule is Cc1cnc([C@@H]2CNCCO2)c(F)c1. The molecule has 0 saturated carbocycles. The molecular weight excluding hydrogens is 183 g/mol. The number of halogens is 1. The second-order valence-corrected chi connectivity index (χ2v) is 3.44. The number of aryl methyl sites for hydroxylation is 1. The van der Waals surface area contributed by atoms with E-state index in [0.717, 1.165) is 12.1 Å². The van der Waals surface area contributed by atoms with Gasteiger partial charge in [-0.3, -0.25) is 4.98 Å². The molecule has 1 atom stereocenters. The van der Waals surface area contributed by atoms with Gasteiger partial charge in [-0.05, 0) is 18.6 Å². The summed E-state index contributed by atoms with van der Waals surface area (Å²) in [6, 6.07) is 1.49. The smallest absolute Gasteiger partial charge is 0.147 e. The second kappa shape index (κ2) is 4.02. The maximum Gasteiger partial charge on any atom is 0.147 e. The maximum atomic E-state index is 13.5. The van der Waals surface area contributed by atoms with Crippen molar-refractivity contribution in [1.82, 2.24) is 10.3 Å². The number of ether oxygens (including phenoxy) is 1. The van der Waals surface area contributed by atoms with Crippen LogP contribution in [-0.4, -0.2) is 24.7 Å². The van der Waals surface area contributed by atoms with Crippen molar-refractivity contribution in [3.63, 3.8) is 0 Å². The summed E-state index contributed by atoms with van der Waals surface area (Å²) in [5.74, 6) is -0.279. The van der Waals surface area contributed by atoms with Crippen LogP contribution in [0.4, 0.5) is 4.39 Å². The number of pyridine rings is 1. The summed E-state index contributed by atoms with van der Waals surface area (Å²) in [5.41, 5.74) is 1.23. The molecule has 4 heteroatoms. The van der Waals surface area contributed by atoms with Gasteiger partial charge in [0.2, 0.25) is 0 Å². The fourth-order valence-corrected chi connectivity index (χ4v) is 1.52. The van der Waals surface area contributed by atoms with E-state index in [1.54, 1.807) is 6.20 Å². The van der Waals surface area contributed by atoms with E-state index in [0.29, 0.717) is 18.8 Å². The third-order valence-electron chi connectivity index (χ3n) is 2.24. The number of morpholine rings is 1. The Hall–Kier alpha value is -1.00. The molecule has 0 bridgehead atoms. The van der Waals surface area contributed by atoms with Gasteiger partial charge in [0.05, 0.1) is 6.61 Å². The van der Waals surface area contributed by atoms with Gasteiger partial charge in [-0.1, -0.05) is 0 Å². The zero-order valence-electron chi connectivity index (χ0n) is 8.09. The van der Waals surface area contributed by atoms with Gasteiger partial charge in [0.15, 0.2) is 0 Å². The van der Waals surface area contributed by atoms with Crippen molar-refractivity contribution in [2.45, 2.75) is 13.0 Å². The van der Waals surface area contributed by atoms with Crippen LogP contribution in [0.25, 0.3) is 0 Å². The summed E-state index contributed by atoms with van der Waals surface area (Å²) in [4.78, 5) is 4.06. The first kappa shape index (κ1) is 9.55. The highest BCUT2D eigenvalue weighted by atomic mass is 19.1. The van der Waals surface area contributed by atoms with Crippen molar-refractivity contribution in [3.8, 4) is 0 Å². The number of nitrogens with one attached hydrogen (secondary N) is 1. The monoisotopic (exact) mass is 196 g/mol. The van der Waals surface area contributed by atoms with Crippen molar-refractivity contribution < 1.29 is 9.13 Å². The summed E-state index contributed by atoms with van der Waals surface area (Å²) in [6.45, 7) is 3.89. The number of aromatic nitrogens is 1. The highest BCUT2D eigenvalue weighted by molar-refractivity contribution is 5.17. The molecule has 1 aliphatic rings. The molecule has 0 aromatic carbocycles. The molecule has 1 aromatic heterocycles. The lowest BCUT2D eigenvalue weighted by Crippen LogP contribution is -2.34. The summed E-state index contributed by atoms with van der Waals surface area (Å²) in [6.07, 6.45) is 1.42. The highest BCUT2D eigenvalue weighted by Crippen LogP contribution is 2.19. The minimum Gasteiger partial charge on any atom is -0.369 e. The standard InChI is InChI=1S/C10H13FN2O/c1-7-4-8(11)10(13-5-7)9-6-12-2-3-14-9/h4-5,9,12H,2-3,6H2,1H3/t9-/m0/s1. The third kappa shape index (κ3) is 1.91. The molecule has 1 fully saturated rings. The zero-order valence-corrected chi connectivity index (χ0v) is 8.09. The van der Waals surface area contributed by atoms with Crippen LogP contribution in [0.15, 0.2) is 12.3 Å². The largest absolute Gasteiger partial charge is 0.369 e. The van der Waals surface area contributed by atoms with Crippen LogP contribution in [0.1, 0.15) is 17.4 Å². The van der Waals surface area contributed by atoms with E-state index in [1.165, 1.54) is 6.07 Å². The minimum atomic E-state index is -0.279. The van der Waals surface area contributed by atoms with Gasteiger partial charge in [-0.25, -0.2) is 4.39 Å². The van der Waals surface area contributed by atoms with Gasteiger partial charge in [-0.15, -0.1) is 0 Å². The molecule has 1 aromatic rings. The van der Waals surface area contributed by atoms with Crippen molar-refractivity contribution in [2.75, 3.05) is 19.7 Å². The molecule has 0 radical (unpaired) electrons. The maximum absolute atomic E-state index is 13.5. The molecule has 1 N–H and O–H groups in total. The van der Waals surface area contributed by atoms with Gasteiger partial charge < -0.3 is 10.1 Å². The normalized spacial score (nSPS) is 22.3. The molecule has 14 heavy (non-hydrogen) atoms. The Morgan fingerprint density at radius 3 is 3.14 bits per heavy atom. The predicted molar refractivity (Wildman–Crippen MR) is 50.5 cm³/mol. The Labute approximate surface area is 82.3 Å². The van der Waals surface area contributed by atoms with E-state index in [-0.39, 0.29) is 11.9 Å². The van der Waals surface area contributed by atoms with Gasteiger partial charge in [0.25, 0.3) is 0 Å². The Morgan fingerprint density at radius 2 is 2.50 bits per heavy atom. The molecular formula is C10H13FN2O. The molecule has 3 nitrogen and oxygen atoms in total. The lowest BCUT2D eigenvalue weighted by Gasteiger charge is -2.23. The minimum absolute atomic E-state index is 0.246. The lowest BCUT2D eigenvalue weighted by atomic mass is 10.1. The number of hydrogen-bond acceptors (Lipinski definition) is 3.